The summed E-state index contributed by atoms with van der Waals surface area (Å²) < 4.78 is 6.97. The summed E-state index contributed by atoms with van der Waals surface area (Å²) in [6.07, 6.45) is 1.73. The lowest BCUT2D eigenvalue weighted by Crippen LogP contribution is -2.30. The van der Waals surface area contributed by atoms with Crippen molar-refractivity contribution in [3.8, 4) is 5.75 Å². The van der Waals surface area contributed by atoms with Crippen molar-refractivity contribution in [1.29, 1.82) is 0 Å². The Labute approximate surface area is 193 Å². The molecular formula is C20H17Cl2IN2O2S. The highest BCUT2D eigenvalue weighted by Crippen LogP contribution is 2.36. The molecule has 1 fully saturated rings. The van der Waals surface area contributed by atoms with Crippen molar-refractivity contribution in [2.75, 3.05) is 13.6 Å². The van der Waals surface area contributed by atoms with E-state index in [2.05, 4.69) is 22.6 Å². The number of hydrogen-bond donors (Lipinski definition) is 0. The maximum atomic E-state index is 12.5. The predicted molar refractivity (Wildman–Crippen MR) is 126 cm³/mol. The first-order chi connectivity index (χ1) is 13.3. The van der Waals surface area contributed by atoms with Crippen LogP contribution in [0.2, 0.25) is 10.0 Å². The number of rotatable bonds is 5. The van der Waals surface area contributed by atoms with Crippen molar-refractivity contribution in [1.82, 2.24) is 9.80 Å². The van der Waals surface area contributed by atoms with Crippen molar-refractivity contribution in [2.24, 2.45) is 0 Å². The molecule has 0 atom stereocenters. The average molecular weight is 547 g/mol. The summed E-state index contributed by atoms with van der Waals surface area (Å²) >= 11 is 20.4. The molecule has 3 rings (SSSR count). The minimum Gasteiger partial charge on any atom is -0.486 e. The highest BCUT2D eigenvalue weighted by atomic mass is 127. The molecule has 2 aromatic carbocycles. The minimum atomic E-state index is -0.138. The molecule has 146 valence electrons. The van der Waals surface area contributed by atoms with Gasteiger partial charge in [-0.05, 0) is 83.2 Å². The Balaban J connectivity index is 1.83. The molecule has 0 spiro atoms. The zero-order chi connectivity index (χ0) is 20.4. The second kappa shape index (κ2) is 8.98. The average Bonchev–Trinajstić information content (AvgIpc) is 2.85. The van der Waals surface area contributed by atoms with Crippen molar-refractivity contribution in [3.63, 3.8) is 0 Å². The summed E-state index contributed by atoms with van der Waals surface area (Å²) in [5.41, 5.74) is 2.20. The van der Waals surface area contributed by atoms with Crippen LogP contribution in [0, 0.1) is 3.57 Å². The van der Waals surface area contributed by atoms with Gasteiger partial charge in [0.25, 0.3) is 5.91 Å². The predicted octanol–water partition coefficient (Wildman–Crippen LogP) is 5.60. The third-order valence-electron chi connectivity index (χ3n) is 4.28. The highest BCUT2D eigenvalue weighted by molar-refractivity contribution is 14.1. The second-order valence-corrected chi connectivity index (χ2v) is 8.57. The van der Waals surface area contributed by atoms with Crippen molar-refractivity contribution < 1.29 is 9.53 Å². The van der Waals surface area contributed by atoms with Crippen LogP contribution in [-0.2, 0) is 11.4 Å². The van der Waals surface area contributed by atoms with Gasteiger partial charge in [-0.25, -0.2) is 0 Å². The molecule has 1 amide bonds. The lowest BCUT2D eigenvalue weighted by Gasteiger charge is -2.14. The number of thiocarbonyl (C=S) groups is 1. The van der Waals surface area contributed by atoms with Gasteiger partial charge in [0.2, 0.25) is 0 Å². The third kappa shape index (κ3) is 4.45. The van der Waals surface area contributed by atoms with Gasteiger partial charge in [-0.3, -0.25) is 9.69 Å². The van der Waals surface area contributed by atoms with Crippen molar-refractivity contribution >= 4 is 75.1 Å². The number of carbonyl (C=O) groups excluding carboxylic acids is 1. The van der Waals surface area contributed by atoms with E-state index in [1.807, 2.05) is 31.2 Å². The fourth-order valence-electron chi connectivity index (χ4n) is 2.78. The first-order valence-corrected chi connectivity index (χ1v) is 10.7. The lowest BCUT2D eigenvalue weighted by atomic mass is 10.1. The summed E-state index contributed by atoms with van der Waals surface area (Å²) in [6, 6.07) is 11.5. The zero-order valence-electron chi connectivity index (χ0n) is 15.2. The quantitative estimate of drug-likeness (QED) is 0.278. The molecule has 2 aromatic rings. The summed E-state index contributed by atoms with van der Waals surface area (Å²) in [5, 5.41) is 1.24. The Bertz CT molecular complexity index is 940. The van der Waals surface area contributed by atoms with Crippen molar-refractivity contribution in [3.05, 3.63) is 66.8 Å². The second-order valence-electron chi connectivity index (χ2n) is 6.15. The normalized spacial score (nSPS) is 15.7. The van der Waals surface area contributed by atoms with Gasteiger partial charge >= 0.3 is 0 Å². The van der Waals surface area contributed by atoms with Crippen LogP contribution in [0.15, 0.2) is 42.1 Å². The van der Waals surface area contributed by atoms with Crippen LogP contribution < -0.4 is 4.74 Å². The molecule has 1 heterocycles. The first kappa shape index (κ1) is 21.4. The van der Waals surface area contributed by atoms with Gasteiger partial charge in [-0.1, -0.05) is 35.3 Å². The first-order valence-electron chi connectivity index (χ1n) is 8.49. The van der Waals surface area contributed by atoms with E-state index in [0.717, 1.165) is 9.13 Å². The largest absolute Gasteiger partial charge is 0.486 e. The van der Waals surface area contributed by atoms with Gasteiger partial charge in [-0.2, -0.15) is 0 Å². The molecule has 28 heavy (non-hydrogen) atoms. The summed E-state index contributed by atoms with van der Waals surface area (Å²) in [6.45, 7) is 2.76. The summed E-state index contributed by atoms with van der Waals surface area (Å²) in [7, 11) is 1.77. The number of halogens is 3. The maximum absolute atomic E-state index is 12.5. The third-order valence-corrected chi connectivity index (χ3v) is 6.06. The Hall–Kier alpha value is -1.35. The molecule has 1 aliphatic heterocycles. The van der Waals surface area contributed by atoms with Gasteiger partial charge in [0.05, 0.1) is 10.0 Å². The van der Waals surface area contributed by atoms with Crippen LogP contribution in [0.3, 0.4) is 0 Å². The lowest BCUT2D eigenvalue weighted by molar-refractivity contribution is -0.122. The number of hydrogen-bond acceptors (Lipinski definition) is 3. The maximum Gasteiger partial charge on any atom is 0.276 e. The molecule has 0 unspecified atom stereocenters. The molecule has 8 heteroatoms. The molecule has 0 bridgehead atoms. The number of ether oxygens (including phenoxy) is 1. The fourth-order valence-corrected chi connectivity index (χ4v) is 4.07. The van der Waals surface area contributed by atoms with Crippen LogP contribution in [0.25, 0.3) is 6.08 Å². The standard InChI is InChI=1S/C20H17Cl2IN2O2S/c1-3-25-19(26)17(24(2)20(25)28)10-13-8-15(21)18(16(22)9-13)27-11-12-4-6-14(23)7-5-12/h4-10H,3,11H2,1-2H3/b17-10-. The smallest absolute Gasteiger partial charge is 0.276 e. The van der Waals surface area contributed by atoms with Gasteiger partial charge in [0, 0.05) is 17.2 Å². The number of nitrogens with zero attached hydrogens (tertiary/aromatic N) is 2. The Morgan fingerprint density at radius 2 is 1.79 bits per heavy atom. The summed E-state index contributed by atoms with van der Waals surface area (Å²) in [4.78, 5) is 15.7. The van der Waals surface area contributed by atoms with Crippen LogP contribution >= 0.6 is 58.0 Å². The van der Waals surface area contributed by atoms with Gasteiger partial charge in [-0.15, -0.1) is 0 Å². The molecule has 0 saturated carbocycles. The zero-order valence-corrected chi connectivity index (χ0v) is 19.7. The number of likely N-dealkylation sites (N-methyl/N-ethyl adjacent to an activating group) is 2. The van der Waals surface area contributed by atoms with E-state index < -0.39 is 0 Å². The van der Waals surface area contributed by atoms with Crippen LogP contribution in [-0.4, -0.2) is 34.4 Å². The van der Waals surface area contributed by atoms with E-state index in [1.165, 1.54) is 0 Å². The molecule has 0 radical (unpaired) electrons. The van der Waals surface area contributed by atoms with E-state index in [-0.39, 0.29) is 5.91 Å². The number of benzene rings is 2. The van der Waals surface area contributed by atoms with E-state index in [4.69, 9.17) is 40.2 Å². The van der Waals surface area contributed by atoms with Gasteiger partial charge in [0.1, 0.15) is 12.3 Å². The van der Waals surface area contributed by atoms with Gasteiger partial charge < -0.3 is 9.64 Å². The fraction of sp³-hybridized carbons (Fsp3) is 0.200. The van der Waals surface area contributed by atoms with E-state index in [9.17, 15) is 4.79 Å². The van der Waals surface area contributed by atoms with Crippen LogP contribution in [0.5, 0.6) is 5.75 Å². The Morgan fingerprint density at radius 1 is 1.18 bits per heavy atom. The molecule has 0 aliphatic carbocycles. The monoisotopic (exact) mass is 546 g/mol. The molecule has 0 N–H and O–H groups in total. The highest BCUT2D eigenvalue weighted by Gasteiger charge is 2.34. The molecule has 1 saturated heterocycles. The van der Waals surface area contributed by atoms with Crippen LogP contribution in [0.1, 0.15) is 18.1 Å². The van der Waals surface area contributed by atoms with E-state index in [0.29, 0.717) is 45.3 Å². The SMILES string of the molecule is CCN1C(=O)/C(=C/c2cc(Cl)c(OCc3ccc(I)cc3)c(Cl)c2)N(C)C1=S. The minimum absolute atomic E-state index is 0.138. The molecule has 1 aliphatic rings. The number of carbonyl (C=O) groups is 1. The number of amides is 1. The molecular weight excluding hydrogens is 530 g/mol. The topological polar surface area (TPSA) is 32.8 Å². The van der Waals surface area contributed by atoms with E-state index >= 15 is 0 Å². The van der Waals surface area contributed by atoms with E-state index in [1.54, 1.807) is 35.1 Å². The van der Waals surface area contributed by atoms with Crippen molar-refractivity contribution in [2.45, 2.75) is 13.5 Å². The molecule has 4 nitrogen and oxygen atoms in total. The molecule has 0 aromatic heterocycles. The summed E-state index contributed by atoms with van der Waals surface area (Å²) in [5.74, 6) is 0.280. The Morgan fingerprint density at radius 3 is 2.32 bits per heavy atom. The van der Waals surface area contributed by atoms with Crippen LogP contribution in [0.4, 0.5) is 0 Å². The van der Waals surface area contributed by atoms with Gasteiger partial charge in [0.15, 0.2) is 10.9 Å². The Kier molecular flexibility index (Phi) is 6.85.